The van der Waals surface area contributed by atoms with E-state index in [0.29, 0.717) is 12.8 Å². The summed E-state index contributed by atoms with van der Waals surface area (Å²) >= 11 is 5.72. The van der Waals surface area contributed by atoms with Gasteiger partial charge in [0, 0.05) is 0 Å². The Hall–Kier alpha value is -1.61. The number of rotatable bonds is 3. The van der Waals surface area contributed by atoms with Gasteiger partial charge in [0.2, 0.25) is 0 Å². The van der Waals surface area contributed by atoms with Crippen LogP contribution in [0.25, 0.3) is 0 Å². The number of nitrogens with zero attached hydrogens (tertiary/aromatic N) is 2. The Kier molecular flexibility index (Phi) is 4.57. The summed E-state index contributed by atoms with van der Waals surface area (Å²) in [4.78, 5) is 17.3. The fraction of sp³-hybridized carbons (Fsp3) is 0.600. The van der Waals surface area contributed by atoms with Crippen LogP contribution in [0.3, 0.4) is 0 Å². The van der Waals surface area contributed by atoms with Gasteiger partial charge in [0.05, 0.1) is 12.1 Å². The first-order valence-electron chi connectivity index (χ1n) is 7.66. The van der Waals surface area contributed by atoms with Crippen molar-refractivity contribution in [2.24, 2.45) is 0 Å². The van der Waals surface area contributed by atoms with Gasteiger partial charge in [0.1, 0.15) is 11.8 Å². The van der Waals surface area contributed by atoms with E-state index in [0.717, 1.165) is 17.0 Å². The molecular formula is C15H15ClF4N2O3. The first kappa shape index (κ1) is 18.2. The third-order valence-corrected chi connectivity index (χ3v) is 5.05. The number of aliphatic hydroxyl groups excluding tert-OH is 1. The number of carbonyl (C=O) groups is 1. The smallest absolute Gasteiger partial charge is 0.387 e. The molecular weight excluding hydrogens is 368 g/mol. The largest absolute Gasteiger partial charge is 0.432 e. The Morgan fingerprint density at radius 1 is 1.36 bits per heavy atom. The fourth-order valence-corrected chi connectivity index (χ4v) is 3.86. The maximum absolute atomic E-state index is 14.1. The minimum atomic E-state index is -3.43. The number of aliphatic hydroxyl groups is 1. The van der Waals surface area contributed by atoms with Gasteiger partial charge in [0.15, 0.2) is 10.9 Å². The Balaban J connectivity index is 1.91. The number of pyridine rings is 1. The standard InChI is InChI=1S/C15H15ClF4N2O3/c16-10-9(25-13(17)18)4-3-8(21-10)11(23)22-7-15(19,20)12(24)14(22)5-1-2-6-14/h3-4,12-13,24H,1-2,5-7H2. The topological polar surface area (TPSA) is 62.7 Å². The van der Waals surface area contributed by atoms with E-state index >= 15 is 0 Å². The summed E-state index contributed by atoms with van der Waals surface area (Å²) in [6, 6.07) is 2.11. The molecule has 1 spiro atoms. The lowest BCUT2D eigenvalue weighted by molar-refractivity contribution is -0.0959. The molecule has 25 heavy (non-hydrogen) atoms. The van der Waals surface area contributed by atoms with Gasteiger partial charge in [-0.2, -0.15) is 8.78 Å². The second kappa shape index (κ2) is 6.28. The number of halogens is 5. The fourth-order valence-electron chi connectivity index (χ4n) is 3.66. The molecule has 1 saturated carbocycles. The molecule has 2 fully saturated rings. The first-order chi connectivity index (χ1) is 11.7. The van der Waals surface area contributed by atoms with E-state index in [4.69, 9.17) is 11.6 Å². The zero-order valence-corrected chi connectivity index (χ0v) is 13.6. The van der Waals surface area contributed by atoms with Gasteiger partial charge in [-0.3, -0.25) is 4.79 Å². The van der Waals surface area contributed by atoms with Crippen LogP contribution in [0.1, 0.15) is 36.2 Å². The van der Waals surface area contributed by atoms with E-state index in [1.165, 1.54) is 0 Å². The van der Waals surface area contributed by atoms with E-state index < -0.39 is 47.5 Å². The second-order valence-electron chi connectivity index (χ2n) is 6.23. The molecule has 1 aromatic rings. The van der Waals surface area contributed by atoms with Gasteiger partial charge in [-0.25, -0.2) is 13.8 Å². The zero-order chi connectivity index (χ0) is 18.4. The highest BCUT2D eigenvalue weighted by atomic mass is 35.5. The summed E-state index contributed by atoms with van der Waals surface area (Å²) in [7, 11) is 0. The van der Waals surface area contributed by atoms with Crippen LogP contribution < -0.4 is 4.74 Å². The van der Waals surface area contributed by atoms with Gasteiger partial charge < -0.3 is 14.7 Å². The summed E-state index contributed by atoms with van der Waals surface area (Å²) in [5, 5.41) is 9.60. The highest BCUT2D eigenvalue weighted by molar-refractivity contribution is 6.31. The number of amides is 1. The van der Waals surface area contributed by atoms with Crippen LogP contribution >= 0.6 is 11.6 Å². The summed E-state index contributed by atoms with van der Waals surface area (Å²) < 4.78 is 56.7. The van der Waals surface area contributed by atoms with E-state index in [2.05, 4.69) is 9.72 Å². The van der Waals surface area contributed by atoms with Crippen molar-refractivity contribution in [1.82, 2.24) is 9.88 Å². The van der Waals surface area contributed by atoms with Gasteiger partial charge in [-0.05, 0) is 25.0 Å². The van der Waals surface area contributed by atoms with Gasteiger partial charge in [-0.1, -0.05) is 24.4 Å². The maximum Gasteiger partial charge on any atom is 0.387 e. The number of alkyl halides is 4. The van der Waals surface area contributed by atoms with Crippen molar-refractivity contribution in [3.63, 3.8) is 0 Å². The summed E-state index contributed by atoms with van der Waals surface area (Å²) in [6.07, 6.45) is -0.201. The molecule has 1 aliphatic carbocycles. The Bertz CT molecular complexity index is 683. The lowest BCUT2D eigenvalue weighted by Gasteiger charge is -2.36. The minimum absolute atomic E-state index is 0.260. The molecule has 0 radical (unpaired) electrons. The predicted octanol–water partition coefficient (Wildman–Crippen LogP) is 3.10. The van der Waals surface area contributed by atoms with Crippen LogP contribution in [0.15, 0.2) is 12.1 Å². The number of aromatic nitrogens is 1. The molecule has 2 aliphatic rings. The van der Waals surface area contributed by atoms with Crippen molar-refractivity contribution in [2.45, 2.75) is 49.9 Å². The van der Waals surface area contributed by atoms with E-state index in [-0.39, 0.29) is 18.5 Å². The number of hydrogen-bond donors (Lipinski definition) is 1. The molecule has 0 bridgehead atoms. The Morgan fingerprint density at radius 3 is 2.56 bits per heavy atom. The van der Waals surface area contributed by atoms with Crippen molar-refractivity contribution in [3.05, 3.63) is 23.0 Å². The minimum Gasteiger partial charge on any atom is -0.432 e. The van der Waals surface area contributed by atoms with Crippen molar-refractivity contribution in [1.29, 1.82) is 0 Å². The van der Waals surface area contributed by atoms with Crippen LogP contribution in [0.5, 0.6) is 5.75 Å². The molecule has 10 heteroatoms. The second-order valence-corrected chi connectivity index (χ2v) is 6.59. The molecule has 1 amide bonds. The summed E-state index contributed by atoms with van der Waals surface area (Å²) in [6.45, 7) is -4.04. The Labute approximate surface area is 145 Å². The lowest BCUT2D eigenvalue weighted by atomic mass is 9.90. The predicted molar refractivity (Wildman–Crippen MR) is 79.1 cm³/mol. The van der Waals surface area contributed by atoms with Gasteiger partial charge >= 0.3 is 6.61 Å². The lowest BCUT2D eigenvalue weighted by Crippen LogP contribution is -2.52. The number of carbonyl (C=O) groups excluding carboxylic acids is 1. The quantitative estimate of drug-likeness (QED) is 0.644. The monoisotopic (exact) mass is 382 g/mol. The third kappa shape index (κ3) is 3.03. The molecule has 138 valence electrons. The van der Waals surface area contributed by atoms with Crippen LogP contribution in [0, 0.1) is 0 Å². The highest BCUT2D eigenvalue weighted by Crippen LogP contribution is 2.49. The average Bonchev–Trinajstić information content (AvgIpc) is 3.09. The molecule has 1 N–H and O–H groups in total. The first-order valence-corrected chi connectivity index (χ1v) is 8.04. The van der Waals surface area contributed by atoms with Crippen molar-refractivity contribution >= 4 is 17.5 Å². The normalized spacial score (nSPS) is 24.3. The van der Waals surface area contributed by atoms with Crippen molar-refractivity contribution < 1.29 is 32.2 Å². The molecule has 5 nitrogen and oxygen atoms in total. The molecule has 3 rings (SSSR count). The molecule has 1 aromatic heterocycles. The molecule has 1 aliphatic heterocycles. The third-order valence-electron chi connectivity index (χ3n) is 4.78. The van der Waals surface area contributed by atoms with E-state index in [1.807, 2.05) is 0 Å². The Morgan fingerprint density at radius 2 is 2.00 bits per heavy atom. The molecule has 0 aromatic carbocycles. The zero-order valence-electron chi connectivity index (χ0n) is 12.9. The highest BCUT2D eigenvalue weighted by Gasteiger charge is 2.64. The molecule has 1 saturated heterocycles. The summed E-state index contributed by atoms with van der Waals surface area (Å²) in [5.41, 5.74) is -1.62. The van der Waals surface area contributed by atoms with Crippen molar-refractivity contribution in [2.75, 3.05) is 6.54 Å². The summed E-state index contributed by atoms with van der Waals surface area (Å²) in [5.74, 6) is -4.68. The van der Waals surface area contributed by atoms with Crippen LogP contribution in [0.2, 0.25) is 5.15 Å². The van der Waals surface area contributed by atoms with Crippen LogP contribution in [-0.2, 0) is 0 Å². The number of hydrogen-bond acceptors (Lipinski definition) is 4. The number of likely N-dealkylation sites (tertiary alicyclic amines) is 1. The van der Waals surface area contributed by atoms with E-state index in [1.54, 1.807) is 0 Å². The maximum atomic E-state index is 14.1. The SMILES string of the molecule is O=C(c1ccc(OC(F)F)c(Cl)n1)N1CC(F)(F)C(O)C12CCCC2. The molecule has 1 atom stereocenters. The number of ether oxygens (including phenoxy) is 1. The van der Waals surface area contributed by atoms with Crippen molar-refractivity contribution in [3.8, 4) is 5.75 Å². The van der Waals surface area contributed by atoms with Crippen LogP contribution in [-0.4, -0.2) is 51.6 Å². The van der Waals surface area contributed by atoms with E-state index in [9.17, 15) is 27.5 Å². The molecule has 1 unspecified atom stereocenters. The molecule has 2 heterocycles. The van der Waals surface area contributed by atoms with Gasteiger partial charge in [-0.15, -0.1) is 0 Å². The average molecular weight is 383 g/mol. The van der Waals surface area contributed by atoms with Gasteiger partial charge in [0.25, 0.3) is 11.8 Å². The van der Waals surface area contributed by atoms with Crippen LogP contribution in [0.4, 0.5) is 17.6 Å².